The number of nitrogens with zero attached hydrogens (tertiary/aromatic N) is 2. The predicted octanol–water partition coefficient (Wildman–Crippen LogP) is 7.31. The first-order valence-corrected chi connectivity index (χ1v) is 16.2. The topological polar surface area (TPSA) is 18.5 Å². The van der Waals surface area contributed by atoms with Crippen molar-refractivity contribution in [3.8, 4) is 0 Å². The second kappa shape index (κ2) is 12.0. The van der Waals surface area contributed by atoms with Crippen LogP contribution in [-0.4, -0.2) is 61.7 Å². The van der Waals surface area contributed by atoms with E-state index in [4.69, 9.17) is 0 Å². The van der Waals surface area contributed by atoms with Crippen molar-refractivity contribution in [2.75, 3.05) is 39.8 Å². The molecule has 0 aromatic heterocycles. The maximum Gasteiger partial charge on any atom is 0.00954 e. The van der Waals surface area contributed by atoms with E-state index in [2.05, 4.69) is 70.6 Å². The Kier molecular flexibility index (Phi) is 9.59. The second-order valence-corrected chi connectivity index (χ2v) is 15.5. The molecule has 0 radical (unpaired) electrons. The normalized spacial score (nSPS) is 36.8. The highest BCUT2D eigenvalue weighted by molar-refractivity contribution is 5.12. The molecule has 2 spiro atoms. The lowest BCUT2D eigenvalue weighted by Gasteiger charge is -2.66. The molecule has 3 saturated carbocycles. The largest absolute Gasteiger partial charge is 0.314 e. The van der Waals surface area contributed by atoms with Crippen LogP contribution in [0.1, 0.15) is 113 Å². The summed E-state index contributed by atoms with van der Waals surface area (Å²) in [5.41, 5.74) is 1.30. The van der Waals surface area contributed by atoms with Gasteiger partial charge >= 0.3 is 0 Å². The Bertz CT molecular complexity index is 672. The van der Waals surface area contributed by atoms with Gasteiger partial charge in [-0.05, 0) is 111 Å². The van der Waals surface area contributed by atoms with Crippen molar-refractivity contribution in [3.63, 3.8) is 0 Å². The summed E-state index contributed by atoms with van der Waals surface area (Å²) in [5, 5.41) is 3.84. The van der Waals surface area contributed by atoms with Gasteiger partial charge in [0, 0.05) is 38.3 Å². The van der Waals surface area contributed by atoms with E-state index in [1.165, 1.54) is 84.1 Å². The fourth-order valence-electron chi connectivity index (χ4n) is 9.69. The van der Waals surface area contributed by atoms with Crippen molar-refractivity contribution in [1.29, 1.82) is 0 Å². The molecule has 1 saturated heterocycles. The number of nitrogens with one attached hydrogen (secondary N) is 1. The van der Waals surface area contributed by atoms with E-state index in [-0.39, 0.29) is 0 Å². The van der Waals surface area contributed by atoms with Crippen molar-refractivity contribution >= 4 is 0 Å². The van der Waals surface area contributed by atoms with Crippen molar-refractivity contribution < 1.29 is 0 Å². The average Bonchev–Trinajstić information content (AvgIpc) is 2.75. The van der Waals surface area contributed by atoms with Crippen LogP contribution in [0.15, 0.2) is 0 Å². The van der Waals surface area contributed by atoms with Crippen molar-refractivity contribution in [3.05, 3.63) is 0 Å². The molecule has 0 amide bonds. The monoisotopic (exact) mass is 502 g/mol. The maximum atomic E-state index is 3.84. The smallest absolute Gasteiger partial charge is 0.00954 e. The predicted molar refractivity (Wildman–Crippen MR) is 156 cm³/mol. The molecule has 0 bridgehead atoms. The van der Waals surface area contributed by atoms with E-state index in [9.17, 15) is 0 Å². The lowest BCUT2D eigenvalue weighted by atomic mass is 9.42. The van der Waals surface area contributed by atoms with Crippen molar-refractivity contribution in [1.82, 2.24) is 15.1 Å². The minimum absolute atomic E-state index is 0.612. The van der Waals surface area contributed by atoms with Gasteiger partial charge in [-0.3, -0.25) is 0 Å². The molecule has 1 N–H and O–H groups in total. The summed E-state index contributed by atoms with van der Waals surface area (Å²) in [7, 11) is 2.44. The van der Waals surface area contributed by atoms with E-state index in [1.807, 2.05) is 0 Å². The first-order valence-electron chi connectivity index (χ1n) is 16.2. The molecule has 36 heavy (non-hydrogen) atoms. The Morgan fingerprint density at radius 1 is 0.861 bits per heavy atom. The number of hydrogen-bond acceptors (Lipinski definition) is 3. The highest BCUT2D eigenvalue weighted by Gasteiger charge is 2.60. The Balaban J connectivity index is 1.56. The zero-order valence-corrected chi connectivity index (χ0v) is 25.6. The molecule has 0 aromatic carbocycles. The summed E-state index contributed by atoms with van der Waals surface area (Å²) in [5.74, 6) is 5.39. The first kappa shape index (κ1) is 28.9. The third-order valence-corrected chi connectivity index (χ3v) is 11.1. The molecule has 4 rings (SSSR count). The fraction of sp³-hybridized carbons (Fsp3) is 1.00. The van der Waals surface area contributed by atoms with Gasteiger partial charge in [-0.2, -0.15) is 0 Å². The molecular weight excluding hydrogens is 438 g/mol. The number of rotatable bonds is 11. The summed E-state index contributed by atoms with van der Waals surface area (Å²) in [6.45, 7) is 23.3. The third kappa shape index (κ3) is 6.36. The molecule has 3 heteroatoms. The zero-order valence-electron chi connectivity index (χ0n) is 25.6. The molecule has 3 nitrogen and oxygen atoms in total. The molecule has 0 aromatic rings. The average molecular weight is 502 g/mol. The van der Waals surface area contributed by atoms with Crippen LogP contribution in [-0.2, 0) is 0 Å². The van der Waals surface area contributed by atoms with Gasteiger partial charge in [0.15, 0.2) is 0 Å². The molecule has 4 aliphatic rings. The van der Waals surface area contributed by atoms with Crippen molar-refractivity contribution in [2.24, 2.45) is 46.3 Å². The molecule has 1 aliphatic heterocycles. The van der Waals surface area contributed by atoms with E-state index in [0.29, 0.717) is 16.9 Å². The van der Waals surface area contributed by atoms with Crippen LogP contribution in [0.5, 0.6) is 0 Å². The molecular formula is C33H63N3. The van der Waals surface area contributed by atoms with Gasteiger partial charge in [0.25, 0.3) is 0 Å². The standard InChI is InChI=1S/C33H63N3/c1-9-10-28-17-32(18-28)14-12-29(35(8)20-24(2)3)16-31(32)30-15-27(19-34-26(6)7)11-13-33(30)22-36(23-33)21-25(4)5/h24-31,34H,9-23H2,1-8H3/t27?,28-,29-,30?,31?,32-/m1/s1. The van der Waals surface area contributed by atoms with Gasteiger partial charge in [-0.1, -0.05) is 61.3 Å². The van der Waals surface area contributed by atoms with Crippen LogP contribution < -0.4 is 5.32 Å². The first-order chi connectivity index (χ1) is 17.1. The third-order valence-electron chi connectivity index (χ3n) is 11.1. The van der Waals surface area contributed by atoms with Gasteiger partial charge in [0.2, 0.25) is 0 Å². The molecule has 3 aliphatic carbocycles. The van der Waals surface area contributed by atoms with Gasteiger partial charge in [0.05, 0.1) is 0 Å². The minimum Gasteiger partial charge on any atom is -0.314 e. The lowest BCUT2D eigenvalue weighted by Crippen LogP contribution is -2.66. The van der Waals surface area contributed by atoms with E-state index < -0.39 is 0 Å². The molecule has 3 unspecified atom stereocenters. The summed E-state index contributed by atoms with van der Waals surface area (Å²) < 4.78 is 0. The van der Waals surface area contributed by atoms with Crippen LogP contribution in [0, 0.1) is 46.3 Å². The quantitative estimate of drug-likeness (QED) is 0.320. The molecule has 1 heterocycles. The van der Waals surface area contributed by atoms with Crippen molar-refractivity contribution in [2.45, 2.75) is 125 Å². The Morgan fingerprint density at radius 2 is 1.53 bits per heavy atom. The van der Waals surface area contributed by atoms with Gasteiger partial charge < -0.3 is 15.1 Å². The van der Waals surface area contributed by atoms with Gasteiger partial charge in [0.1, 0.15) is 0 Å². The van der Waals surface area contributed by atoms with Crippen LogP contribution in [0.2, 0.25) is 0 Å². The highest BCUT2D eigenvalue weighted by Crippen LogP contribution is 2.66. The Labute approximate surface area is 225 Å². The van der Waals surface area contributed by atoms with E-state index in [0.717, 1.165) is 41.5 Å². The number of likely N-dealkylation sites (tertiary alicyclic amines) is 1. The SMILES string of the molecule is CCC[C@H]1C[C@@]2(CC[C@@H](N(C)CC(C)C)CC2C2CC(CNC(C)C)CCC23CN(CC(C)C)C3)C1. The molecule has 210 valence electrons. The molecule has 4 fully saturated rings. The zero-order chi connectivity index (χ0) is 26.1. The maximum absolute atomic E-state index is 3.84. The second-order valence-electron chi connectivity index (χ2n) is 15.5. The molecule has 4 atom stereocenters. The van der Waals surface area contributed by atoms with Gasteiger partial charge in [-0.15, -0.1) is 0 Å². The van der Waals surface area contributed by atoms with Gasteiger partial charge in [-0.25, -0.2) is 0 Å². The summed E-state index contributed by atoms with van der Waals surface area (Å²) >= 11 is 0. The lowest BCUT2D eigenvalue weighted by molar-refractivity contribution is -0.168. The van der Waals surface area contributed by atoms with Crippen LogP contribution >= 0.6 is 0 Å². The number of hydrogen-bond donors (Lipinski definition) is 1. The van der Waals surface area contributed by atoms with Crippen LogP contribution in [0.25, 0.3) is 0 Å². The van der Waals surface area contributed by atoms with E-state index >= 15 is 0 Å². The summed E-state index contributed by atoms with van der Waals surface area (Å²) in [6, 6.07) is 1.42. The Morgan fingerprint density at radius 3 is 2.14 bits per heavy atom. The Hall–Kier alpha value is -0.120. The highest BCUT2D eigenvalue weighted by atomic mass is 15.2. The van der Waals surface area contributed by atoms with Crippen LogP contribution in [0.4, 0.5) is 0 Å². The van der Waals surface area contributed by atoms with E-state index in [1.54, 1.807) is 12.8 Å². The fourth-order valence-corrected chi connectivity index (χ4v) is 9.69. The minimum atomic E-state index is 0.612. The van der Waals surface area contributed by atoms with Crippen LogP contribution in [0.3, 0.4) is 0 Å². The summed E-state index contributed by atoms with van der Waals surface area (Å²) in [6.07, 6.45) is 14.9. The summed E-state index contributed by atoms with van der Waals surface area (Å²) in [4.78, 5) is 5.59.